The Morgan fingerprint density at radius 3 is 1.73 bits per heavy atom. The second kappa shape index (κ2) is 8.30. The number of hydrogen-bond donors (Lipinski definition) is 0. The van der Waals surface area contributed by atoms with Crippen LogP contribution in [0, 0.1) is 17.5 Å². The molecule has 0 bridgehead atoms. The maximum absolute atomic E-state index is 12.4. The Labute approximate surface area is 113 Å². The molecule has 0 saturated heterocycles. The predicted molar refractivity (Wildman–Crippen MR) is 31.0 cm³/mol. The maximum atomic E-state index is 12.4. The third-order valence-electron chi connectivity index (χ3n) is 1.20. The van der Waals surface area contributed by atoms with Crippen molar-refractivity contribution in [3.05, 3.63) is 29.6 Å². The monoisotopic (exact) mass is 343 g/mol. The van der Waals surface area contributed by atoms with Crippen LogP contribution in [-0.2, 0) is 26.2 Å². The molecule has 9 heteroatoms. The van der Waals surface area contributed by atoms with E-state index in [4.69, 9.17) is 0 Å². The average molecular weight is 345 g/mol. The van der Waals surface area contributed by atoms with E-state index in [1.54, 1.807) is 0 Å². The Morgan fingerprint density at radius 2 is 1.33 bits per heavy atom. The third kappa shape index (κ3) is 4.66. The topological polar surface area (TPSA) is 3.24 Å². The summed E-state index contributed by atoms with van der Waals surface area (Å²) in [5.74, 6) is -5.31. The van der Waals surface area contributed by atoms with Crippen molar-refractivity contribution in [2.45, 2.75) is 0 Å². The first kappa shape index (κ1) is 20.5. The minimum atomic E-state index is -1.91. The molecule has 0 heterocycles. The molecule has 0 aromatic heterocycles. The van der Waals surface area contributed by atoms with Crippen LogP contribution in [0.5, 0.6) is 0 Å². The van der Waals surface area contributed by atoms with E-state index in [-0.39, 0.29) is 51.0 Å². The summed E-state index contributed by atoms with van der Waals surface area (Å²) < 4.78 is 60.1. The number of benzene rings is 1. The van der Waals surface area contributed by atoms with Gasteiger partial charge in [0.15, 0.2) is 17.5 Å². The molecule has 0 unspecified atom stereocenters. The van der Waals surface area contributed by atoms with Gasteiger partial charge in [-0.15, -0.1) is 0 Å². The molecule has 15 heavy (non-hydrogen) atoms. The summed E-state index contributed by atoms with van der Waals surface area (Å²) in [6, 6.07) is 0.855. The summed E-state index contributed by atoms with van der Waals surface area (Å²) in [7, 11) is 0. The maximum Gasteiger partial charge on any atom is 2.00 e. The van der Waals surface area contributed by atoms with Gasteiger partial charge in [0, 0.05) is 0 Å². The summed E-state index contributed by atoms with van der Waals surface area (Å²) >= 11 is 0. The van der Waals surface area contributed by atoms with Crippen molar-refractivity contribution in [2.24, 2.45) is 0 Å². The third-order valence-corrected chi connectivity index (χ3v) is 1.20. The quantitative estimate of drug-likeness (QED) is 0.293. The summed E-state index contributed by atoms with van der Waals surface area (Å²) in [6.07, 6.45) is 0. The summed E-state index contributed by atoms with van der Waals surface area (Å²) in [5, 5.41) is -1.63. The molecule has 0 saturated carbocycles. The van der Waals surface area contributed by atoms with E-state index in [0.29, 0.717) is 12.1 Å². The second-order valence-corrected chi connectivity index (χ2v) is 1.93. The number of halogens is 7. The SMILES string of the molecule is Fc1ccc(N(F)F)c(F)c1F.[Cl-].[Cl-].[Zr+2]. The van der Waals surface area contributed by atoms with E-state index < -0.39 is 28.5 Å². The zero-order valence-electron chi connectivity index (χ0n) is 6.75. The van der Waals surface area contributed by atoms with Gasteiger partial charge in [0.05, 0.1) is 0 Å². The van der Waals surface area contributed by atoms with Gasteiger partial charge in [-0.25, -0.2) is 13.2 Å². The standard InChI is InChI=1S/C6H2F5N.2ClH.Zr/c7-3-1-2-4(12(10)11)6(9)5(3)8;;;/h1-2H;2*1H;/q;;;+2/p-2. The summed E-state index contributed by atoms with van der Waals surface area (Å²) in [4.78, 5) is 0. The average Bonchev–Trinajstić information content (AvgIpc) is 2.00. The Hall–Kier alpha value is 0.133. The van der Waals surface area contributed by atoms with Crippen LogP contribution in [0.15, 0.2) is 12.1 Å². The predicted octanol–water partition coefficient (Wildman–Crippen LogP) is -3.32. The van der Waals surface area contributed by atoms with Crippen LogP contribution in [0.2, 0.25) is 0 Å². The van der Waals surface area contributed by atoms with Crippen molar-refractivity contribution in [2.75, 3.05) is 5.34 Å². The first-order valence-corrected chi connectivity index (χ1v) is 2.79. The Kier molecular flexibility index (Phi) is 11.4. The molecule has 0 fully saturated rings. The van der Waals surface area contributed by atoms with Crippen molar-refractivity contribution in [3.8, 4) is 0 Å². The minimum Gasteiger partial charge on any atom is -1.00 e. The smallest absolute Gasteiger partial charge is 1.00 e. The van der Waals surface area contributed by atoms with Gasteiger partial charge in [-0.1, -0.05) is 8.96 Å². The fraction of sp³-hybridized carbons (Fsp3) is 0. The molecule has 0 aliphatic heterocycles. The number of nitrogens with zero attached hydrogens (tertiary/aromatic N) is 1. The fourth-order valence-electron chi connectivity index (χ4n) is 0.646. The molecule has 0 radical (unpaired) electrons. The fourth-order valence-corrected chi connectivity index (χ4v) is 0.646. The van der Waals surface area contributed by atoms with Crippen LogP contribution in [0.25, 0.3) is 0 Å². The Morgan fingerprint density at radius 1 is 0.867 bits per heavy atom. The molecular weight excluding hydrogens is 343 g/mol. The summed E-state index contributed by atoms with van der Waals surface area (Å²) in [6.45, 7) is 0. The van der Waals surface area contributed by atoms with Gasteiger partial charge in [0.2, 0.25) is 0 Å². The van der Waals surface area contributed by atoms with Crippen molar-refractivity contribution in [1.29, 1.82) is 0 Å². The largest absolute Gasteiger partial charge is 2.00 e. The number of rotatable bonds is 1. The molecule has 0 atom stereocenters. The molecule has 84 valence electrons. The molecule has 0 N–H and O–H groups in total. The number of hydrogen-bond acceptors (Lipinski definition) is 1. The first-order chi connectivity index (χ1) is 5.54. The molecule has 0 amide bonds. The van der Waals surface area contributed by atoms with Crippen LogP contribution < -0.4 is 30.2 Å². The van der Waals surface area contributed by atoms with Gasteiger partial charge < -0.3 is 24.8 Å². The first-order valence-electron chi connectivity index (χ1n) is 2.79. The number of anilines is 1. The summed E-state index contributed by atoms with van der Waals surface area (Å²) in [5.41, 5.74) is -1.30. The molecule has 1 nitrogen and oxygen atoms in total. The molecule has 1 aromatic carbocycles. The molecule has 0 aliphatic carbocycles. The Bertz CT molecular complexity index is 312. The van der Waals surface area contributed by atoms with E-state index in [1.165, 1.54) is 0 Å². The van der Waals surface area contributed by atoms with Crippen molar-refractivity contribution in [3.63, 3.8) is 0 Å². The van der Waals surface area contributed by atoms with E-state index in [2.05, 4.69) is 0 Å². The second-order valence-electron chi connectivity index (χ2n) is 1.93. The molecule has 0 aliphatic rings. The van der Waals surface area contributed by atoms with Gasteiger partial charge in [-0.2, -0.15) is 0 Å². The van der Waals surface area contributed by atoms with Crippen LogP contribution >= 0.6 is 0 Å². The van der Waals surface area contributed by atoms with Gasteiger partial charge >= 0.3 is 26.2 Å². The Balaban J connectivity index is -0.000000480. The zero-order chi connectivity index (χ0) is 9.30. The molecule has 1 aromatic rings. The van der Waals surface area contributed by atoms with Crippen LogP contribution in [0.4, 0.5) is 27.8 Å². The van der Waals surface area contributed by atoms with Gasteiger partial charge in [0.1, 0.15) is 5.69 Å². The van der Waals surface area contributed by atoms with E-state index in [9.17, 15) is 22.1 Å². The normalized spacial score (nSPS) is 8.07. The van der Waals surface area contributed by atoms with E-state index >= 15 is 0 Å². The van der Waals surface area contributed by atoms with Crippen LogP contribution in [-0.4, -0.2) is 0 Å². The van der Waals surface area contributed by atoms with Crippen LogP contribution in [0.3, 0.4) is 0 Å². The van der Waals surface area contributed by atoms with Crippen molar-refractivity contribution < 1.29 is 73.2 Å². The van der Waals surface area contributed by atoms with Crippen molar-refractivity contribution >= 4 is 5.69 Å². The van der Waals surface area contributed by atoms with E-state index in [0.717, 1.165) is 0 Å². The molecular formula is C6H2Cl2F5NZr. The van der Waals surface area contributed by atoms with E-state index in [1.807, 2.05) is 0 Å². The van der Waals surface area contributed by atoms with Gasteiger partial charge in [0.25, 0.3) is 0 Å². The zero-order valence-corrected chi connectivity index (χ0v) is 10.7. The van der Waals surface area contributed by atoms with Gasteiger partial charge in [-0.05, 0) is 17.5 Å². The molecule has 1 rings (SSSR count). The van der Waals surface area contributed by atoms with Crippen molar-refractivity contribution in [1.82, 2.24) is 0 Å². The molecule has 0 spiro atoms. The van der Waals surface area contributed by atoms with Crippen LogP contribution in [0.1, 0.15) is 0 Å². The van der Waals surface area contributed by atoms with Gasteiger partial charge in [-0.3, -0.25) is 0 Å². The minimum absolute atomic E-state index is 0.